The molecule has 1 aromatic carbocycles. The fourth-order valence-corrected chi connectivity index (χ4v) is 2.60. The number of rotatable bonds is 9. The van der Waals surface area contributed by atoms with E-state index in [4.69, 9.17) is 0 Å². The molecule has 23 heavy (non-hydrogen) atoms. The molecule has 1 aromatic rings. The van der Waals surface area contributed by atoms with Gasteiger partial charge in [-0.05, 0) is 45.0 Å². The summed E-state index contributed by atoms with van der Waals surface area (Å²) in [5.41, 5.74) is 2.53. The number of aryl methyl sites for hydroxylation is 2. The summed E-state index contributed by atoms with van der Waals surface area (Å²) in [4.78, 5) is 14.1. The topological polar surface area (TPSA) is 72.8 Å². The number of para-hydroxylation sites is 1. The van der Waals surface area contributed by atoms with E-state index in [0.29, 0.717) is 13.0 Å². The monoisotopic (exact) mass is 322 g/mol. The van der Waals surface area contributed by atoms with Crippen LogP contribution < -0.4 is 5.32 Å². The zero-order valence-corrected chi connectivity index (χ0v) is 14.7. The van der Waals surface area contributed by atoms with Gasteiger partial charge in [-0.1, -0.05) is 25.1 Å². The first-order chi connectivity index (χ1) is 10.8. The summed E-state index contributed by atoms with van der Waals surface area (Å²) < 4.78 is 0. The second kappa shape index (κ2) is 9.01. The van der Waals surface area contributed by atoms with Crippen LogP contribution in [0.25, 0.3) is 0 Å². The minimum absolute atomic E-state index is 0.0166. The van der Waals surface area contributed by atoms with Gasteiger partial charge in [0.2, 0.25) is 5.91 Å². The maximum atomic E-state index is 12.1. The van der Waals surface area contributed by atoms with Crippen molar-refractivity contribution in [1.29, 1.82) is 0 Å². The van der Waals surface area contributed by atoms with Crippen LogP contribution in [-0.2, 0) is 4.79 Å². The summed E-state index contributed by atoms with van der Waals surface area (Å²) in [7, 11) is 1.94. The minimum Gasteiger partial charge on any atom is -0.396 e. The van der Waals surface area contributed by atoms with Crippen LogP contribution in [0, 0.1) is 19.3 Å². The third kappa shape index (κ3) is 6.29. The molecule has 0 unspecified atom stereocenters. The fourth-order valence-electron chi connectivity index (χ4n) is 2.60. The molecule has 0 radical (unpaired) electrons. The average molecular weight is 322 g/mol. The predicted octanol–water partition coefficient (Wildman–Crippen LogP) is 1.94. The molecule has 0 heterocycles. The van der Waals surface area contributed by atoms with Gasteiger partial charge in [0, 0.05) is 24.1 Å². The number of carbonyl (C=O) groups excluding carboxylic acids is 1. The third-order valence-electron chi connectivity index (χ3n) is 4.10. The Bertz CT molecular complexity index is 493. The molecule has 5 heteroatoms. The van der Waals surface area contributed by atoms with E-state index in [9.17, 15) is 15.0 Å². The number of hydrogen-bond donors (Lipinski definition) is 3. The van der Waals surface area contributed by atoms with Gasteiger partial charge in [-0.2, -0.15) is 0 Å². The number of nitrogens with one attached hydrogen (secondary N) is 1. The zero-order chi connectivity index (χ0) is 17.5. The van der Waals surface area contributed by atoms with E-state index >= 15 is 0 Å². The first-order valence-corrected chi connectivity index (χ1v) is 8.07. The number of aliphatic hydroxyl groups excluding tert-OH is 2. The molecular weight excluding hydrogens is 292 g/mol. The number of benzene rings is 1. The van der Waals surface area contributed by atoms with Gasteiger partial charge in [-0.15, -0.1) is 0 Å². The van der Waals surface area contributed by atoms with Gasteiger partial charge in [0.1, 0.15) is 0 Å². The Morgan fingerprint density at radius 2 is 1.78 bits per heavy atom. The van der Waals surface area contributed by atoms with Gasteiger partial charge >= 0.3 is 0 Å². The molecular formula is C18H30N2O3. The van der Waals surface area contributed by atoms with E-state index in [-0.39, 0.29) is 19.1 Å². The van der Waals surface area contributed by atoms with Crippen molar-refractivity contribution >= 4 is 11.6 Å². The molecule has 5 nitrogen and oxygen atoms in total. The fraction of sp³-hybridized carbons (Fsp3) is 0.611. The second-order valence-corrected chi connectivity index (χ2v) is 6.78. The molecule has 0 atom stereocenters. The summed E-state index contributed by atoms with van der Waals surface area (Å²) in [6.45, 7) is 7.05. The van der Waals surface area contributed by atoms with Crippen molar-refractivity contribution in [3.05, 3.63) is 29.3 Å². The van der Waals surface area contributed by atoms with Crippen molar-refractivity contribution in [3.8, 4) is 0 Å². The maximum Gasteiger partial charge on any atom is 0.224 e. The minimum atomic E-state index is -0.505. The lowest BCUT2D eigenvalue weighted by Crippen LogP contribution is -2.39. The standard InChI is InChI=1S/C18H30N2O3/c1-14-7-5-8-15(2)17(14)19-16(23)9-6-10-20(4)11-18(3,12-21)13-22/h5,7-8,21-22H,6,9-13H2,1-4H3,(H,19,23). The lowest BCUT2D eigenvalue weighted by atomic mass is 9.92. The van der Waals surface area contributed by atoms with Gasteiger partial charge < -0.3 is 20.4 Å². The van der Waals surface area contributed by atoms with E-state index in [1.165, 1.54) is 0 Å². The molecule has 1 rings (SSSR count). The van der Waals surface area contributed by atoms with Crippen LogP contribution in [0.2, 0.25) is 0 Å². The molecule has 130 valence electrons. The molecule has 0 saturated heterocycles. The number of nitrogens with zero attached hydrogens (tertiary/aromatic N) is 1. The second-order valence-electron chi connectivity index (χ2n) is 6.78. The van der Waals surface area contributed by atoms with Gasteiger partial charge in [-0.25, -0.2) is 0 Å². The van der Waals surface area contributed by atoms with Crippen LogP contribution in [0.3, 0.4) is 0 Å². The molecule has 0 fully saturated rings. The summed E-state index contributed by atoms with van der Waals surface area (Å²) in [6.07, 6.45) is 1.19. The van der Waals surface area contributed by atoms with E-state index in [1.807, 2.05) is 50.9 Å². The van der Waals surface area contributed by atoms with Crippen LogP contribution in [0.4, 0.5) is 5.69 Å². The first kappa shape index (κ1) is 19.6. The van der Waals surface area contributed by atoms with Crippen LogP contribution in [-0.4, -0.2) is 54.4 Å². The lowest BCUT2D eigenvalue weighted by Gasteiger charge is -2.30. The molecule has 0 aliphatic carbocycles. The normalized spacial score (nSPS) is 11.8. The average Bonchev–Trinajstić information content (AvgIpc) is 2.51. The number of anilines is 1. The van der Waals surface area contributed by atoms with Crippen LogP contribution in [0.5, 0.6) is 0 Å². The number of carbonyl (C=O) groups is 1. The SMILES string of the molecule is Cc1cccc(C)c1NC(=O)CCCN(C)CC(C)(CO)CO. The van der Waals surface area contributed by atoms with Crippen molar-refractivity contribution in [1.82, 2.24) is 4.90 Å². The number of amides is 1. The summed E-state index contributed by atoms with van der Waals surface area (Å²) >= 11 is 0. The highest BCUT2D eigenvalue weighted by Crippen LogP contribution is 2.20. The lowest BCUT2D eigenvalue weighted by molar-refractivity contribution is -0.116. The van der Waals surface area contributed by atoms with Crippen molar-refractivity contribution in [2.24, 2.45) is 5.41 Å². The molecule has 0 saturated carbocycles. The summed E-state index contributed by atoms with van der Waals surface area (Å²) in [6, 6.07) is 5.95. The highest BCUT2D eigenvalue weighted by atomic mass is 16.3. The van der Waals surface area contributed by atoms with E-state index in [0.717, 1.165) is 29.8 Å². The molecule has 0 bridgehead atoms. The first-order valence-electron chi connectivity index (χ1n) is 8.07. The molecule has 1 amide bonds. The Kier molecular flexibility index (Phi) is 7.68. The Hall–Kier alpha value is -1.43. The summed E-state index contributed by atoms with van der Waals surface area (Å²) in [5, 5.41) is 21.6. The van der Waals surface area contributed by atoms with Crippen molar-refractivity contribution in [2.75, 3.05) is 38.7 Å². The highest BCUT2D eigenvalue weighted by molar-refractivity contribution is 5.92. The van der Waals surface area contributed by atoms with E-state index < -0.39 is 5.41 Å². The number of aliphatic hydroxyl groups is 2. The molecule has 0 aliphatic rings. The quantitative estimate of drug-likeness (QED) is 0.650. The van der Waals surface area contributed by atoms with Crippen LogP contribution >= 0.6 is 0 Å². The Balaban J connectivity index is 2.40. The molecule has 0 aliphatic heterocycles. The smallest absolute Gasteiger partial charge is 0.224 e. The Labute approximate surface area is 139 Å². The van der Waals surface area contributed by atoms with E-state index in [2.05, 4.69) is 5.32 Å². The summed E-state index contributed by atoms with van der Waals surface area (Å²) in [5.74, 6) is 0.0166. The predicted molar refractivity (Wildman–Crippen MR) is 93.6 cm³/mol. The van der Waals surface area contributed by atoms with Crippen LogP contribution in [0.1, 0.15) is 30.9 Å². The molecule has 3 N–H and O–H groups in total. The largest absolute Gasteiger partial charge is 0.396 e. The van der Waals surface area contributed by atoms with Crippen molar-refractivity contribution in [2.45, 2.75) is 33.6 Å². The molecule has 0 spiro atoms. The van der Waals surface area contributed by atoms with Gasteiger partial charge in [-0.3, -0.25) is 4.79 Å². The Morgan fingerprint density at radius 3 is 2.30 bits per heavy atom. The maximum absolute atomic E-state index is 12.1. The van der Waals surface area contributed by atoms with Gasteiger partial charge in [0.05, 0.1) is 13.2 Å². The van der Waals surface area contributed by atoms with Crippen LogP contribution in [0.15, 0.2) is 18.2 Å². The third-order valence-corrected chi connectivity index (χ3v) is 4.10. The van der Waals surface area contributed by atoms with Crippen molar-refractivity contribution in [3.63, 3.8) is 0 Å². The Morgan fingerprint density at radius 1 is 1.22 bits per heavy atom. The van der Waals surface area contributed by atoms with E-state index in [1.54, 1.807) is 0 Å². The molecule has 0 aromatic heterocycles. The zero-order valence-electron chi connectivity index (χ0n) is 14.7. The van der Waals surface area contributed by atoms with Gasteiger partial charge in [0.15, 0.2) is 0 Å². The highest BCUT2D eigenvalue weighted by Gasteiger charge is 2.24. The van der Waals surface area contributed by atoms with Gasteiger partial charge in [0.25, 0.3) is 0 Å². The number of hydrogen-bond acceptors (Lipinski definition) is 4. The van der Waals surface area contributed by atoms with Crippen molar-refractivity contribution < 1.29 is 15.0 Å².